The summed E-state index contributed by atoms with van der Waals surface area (Å²) in [5.74, 6) is 0.286. The number of rotatable bonds is 2. The van der Waals surface area contributed by atoms with Crippen LogP contribution in [0.3, 0.4) is 0 Å². The fourth-order valence-corrected chi connectivity index (χ4v) is 3.98. The van der Waals surface area contributed by atoms with Gasteiger partial charge in [-0.2, -0.15) is 5.10 Å². The van der Waals surface area contributed by atoms with E-state index >= 15 is 0 Å². The van der Waals surface area contributed by atoms with Gasteiger partial charge in [-0.1, -0.05) is 17.7 Å². The molecule has 0 fully saturated rings. The highest BCUT2D eigenvalue weighted by Gasteiger charge is 2.19. The van der Waals surface area contributed by atoms with Crippen LogP contribution in [0.1, 0.15) is 5.69 Å². The Bertz CT molecular complexity index is 1530. The molecular formula is C21H18ClN7O. The van der Waals surface area contributed by atoms with Gasteiger partial charge < -0.3 is 5.73 Å². The molecule has 0 bridgehead atoms. The van der Waals surface area contributed by atoms with Crippen LogP contribution in [0, 0.1) is 6.92 Å². The molecule has 9 heteroatoms. The lowest BCUT2D eigenvalue weighted by Gasteiger charge is -2.08. The van der Waals surface area contributed by atoms with E-state index in [2.05, 4.69) is 15.1 Å². The Labute approximate surface area is 176 Å². The number of imidazole rings is 1. The van der Waals surface area contributed by atoms with Crippen molar-refractivity contribution >= 4 is 39.4 Å². The van der Waals surface area contributed by atoms with Gasteiger partial charge in [0.15, 0.2) is 0 Å². The molecule has 4 aromatic heterocycles. The quantitative estimate of drug-likeness (QED) is 0.474. The van der Waals surface area contributed by atoms with Crippen molar-refractivity contribution in [3.8, 4) is 16.8 Å². The van der Waals surface area contributed by atoms with Crippen molar-refractivity contribution in [2.24, 2.45) is 14.1 Å². The van der Waals surface area contributed by atoms with Crippen molar-refractivity contribution in [1.29, 1.82) is 0 Å². The first kappa shape index (κ1) is 18.4. The lowest BCUT2D eigenvalue weighted by atomic mass is 10.0. The van der Waals surface area contributed by atoms with E-state index in [1.165, 1.54) is 0 Å². The van der Waals surface area contributed by atoms with E-state index in [1.807, 2.05) is 38.4 Å². The molecule has 2 N–H and O–H groups in total. The molecule has 30 heavy (non-hydrogen) atoms. The number of benzene rings is 1. The number of hydrogen-bond acceptors (Lipinski definition) is 5. The topological polar surface area (TPSA) is 96.5 Å². The number of nitrogens with two attached hydrogens (primary N) is 1. The molecule has 4 heterocycles. The van der Waals surface area contributed by atoms with Gasteiger partial charge in [-0.25, -0.2) is 9.78 Å². The van der Waals surface area contributed by atoms with E-state index in [9.17, 15) is 4.79 Å². The molecule has 0 saturated carbocycles. The Balaban J connectivity index is 1.88. The van der Waals surface area contributed by atoms with Crippen molar-refractivity contribution in [2.75, 3.05) is 5.73 Å². The summed E-state index contributed by atoms with van der Waals surface area (Å²) in [6, 6.07) is 7.65. The summed E-state index contributed by atoms with van der Waals surface area (Å²) in [7, 11) is 3.58. The van der Waals surface area contributed by atoms with E-state index in [0.29, 0.717) is 5.02 Å². The summed E-state index contributed by atoms with van der Waals surface area (Å²) in [6.07, 6.45) is 5.25. The molecule has 0 amide bonds. The van der Waals surface area contributed by atoms with E-state index < -0.39 is 0 Å². The van der Waals surface area contributed by atoms with Crippen molar-refractivity contribution in [1.82, 2.24) is 28.9 Å². The monoisotopic (exact) mass is 419 g/mol. The van der Waals surface area contributed by atoms with Gasteiger partial charge in [-0.05, 0) is 30.7 Å². The summed E-state index contributed by atoms with van der Waals surface area (Å²) >= 11 is 6.17. The Kier molecular flexibility index (Phi) is 3.94. The van der Waals surface area contributed by atoms with Crippen LogP contribution in [-0.2, 0) is 14.1 Å². The molecule has 0 radical (unpaired) electrons. The first-order chi connectivity index (χ1) is 14.3. The van der Waals surface area contributed by atoms with E-state index in [4.69, 9.17) is 17.3 Å². The number of anilines is 1. The number of halogens is 1. The Morgan fingerprint density at radius 2 is 1.87 bits per heavy atom. The highest BCUT2D eigenvalue weighted by Crippen LogP contribution is 2.31. The first-order valence-corrected chi connectivity index (χ1v) is 9.65. The Morgan fingerprint density at radius 3 is 2.57 bits per heavy atom. The lowest BCUT2D eigenvalue weighted by Crippen LogP contribution is -2.21. The molecule has 5 aromatic rings. The molecule has 0 aliphatic carbocycles. The van der Waals surface area contributed by atoms with Gasteiger partial charge in [0.2, 0.25) is 0 Å². The maximum Gasteiger partial charge on any atom is 0.333 e. The van der Waals surface area contributed by atoms with Crippen molar-refractivity contribution in [3.63, 3.8) is 0 Å². The van der Waals surface area contributed by atoms with Crippen molar-refractivity contribution in [2.45, 2.75) is 6.92 Å². The van der Waals surface area contributed by atoms with Crippen LogP contribution in [0.5, 0.6) is 0 Å². The number of nitrogen functional groups attached to an aromatic ring is 1. The molecule has 0 atom stereocenters. The van der Waals surface area contributed by atoms with Gasteiger partial charge in [-0.15, -0.1) is 0 Å². The van der Waals surface area contributed by atoms with Gasteiger partial charge in [0.25, 0.3) is 0 Å². The van der Waals surface area contributed by atoms with Crippen molar-refractivity contribution in [3.05, 3.63) is 64.1 Å². The summed E-state index contributed by atoms with van der Waals surface area (Å²) in [5.41, 5.74) is 11.1. The Morgan fingerprint density at radius 1 is 1.07 bits per heavy atom. The summed E-state index contributed by atoms with van der Waals surface area (Å²) < 4.78 is 5.00. The van der Waals surface area contributed by atoms with E-state index in [0.717, 1.165) is 44.4 Å². The van der Waals surface area contributed by atoms with Crippen LogP contribution in [0.4, 0.5) is 5.82 Å². The summed E-state index contributed by atoms with van der Waals surface area (Å²) in [5, 5.41) is 5.65. The summed E-state index contributed by atoms with van der Waals surface area (Å²) in [6.45, 7) is 1.89. The molecule has 1 aromatic carbocycles. The van der Waals surface area contributed by atoms with Gasteiger partial charge >= 0.3 is 5.69 Å². The maximum absolute atomic E-state index is 13.2. The Hall–Kier alpha value is -3.65. The number of pyridine rings is 2. The molecule has 5 rings (SSSR count). The van der Waals surface area contributed by atoms with Gasteiger partial charge in [-0.3, -0.25) is 18.8 Å². The third kappa shape index (κ3) is 2.61. The molecule has 0 spiro atoms. The maximum atomic E-state index is 13.2. The van der Waals surface area contributed by atoms with Gasteiger partial charge in [0, 0.05) is 37.4 Å². The van der Waals surface area contributed by atoms with Crippen LogP contribution in [-0.4, -0.2) is 28.9 Å². The zero-order valence-corrected chi connectivity index (χ0v) is 17.3. The minimum atomic E-state index is -0.155. The highest BCUT2D eigenvalue weighted by atomic mass is 35.5. The zero-order valence-electron chi connectivity index (χ0n) is 16.6. The average Bonchev–Trinajstić information content (AvgIpc) is 3.19. The van der Waals surface area contributed by atoms with Crippen LogP contribution in [0.2, 0.25) is 5.02 Å². The van der Waals surface area contributed by atoms with Crippen LogP contribution < -0.4 is 11.4 Å². The second kappa shape index (κ2) is 6.43. The number of aromatic nitrogens is 6. The van der Waals surface area contributed by atoms with Gasteiger partial charge in [0.05, 0.1) is 39.2 Å². The molecular weight excluding hydrogens is 402 g/mol. The van der Waals surface area contributed by atoms with Crippen LogP contribution in [0.25, 0.3) is 38.8 Å². The number of hydrogen-bond donors (Lipinski definition) is 1. The third-order valence-electron chi connectivity index (χ3n) is 5.31. The first-order valence-electron chi connectivity index (χ1n) is 9.27. The molecule has 150 valence electrons. The minimum Gasteiger partial charge on any atom is -0.382 e. The summed E-state index contributed by atoms with van der Waals surface area (Å²) in [4.78, 5) is 21.9. The number of aryl methyl sites for hydroxylation is 3. The smallest absolute Gasteiger partial charge is 0.333 e. The zero-order chi connectivity index (χ0) is 21.2. The fourth-order valence-electron chi connectivity index (χ4n) is 3.81. The lowest BCUT2D eigenvalue weighted by molar-refractivity contribution is 0.756. The van der Waals surface area contributed by atoms with E-state index in [-0.39, 0.29) is 11.5 Å². The fraction of sp³-hybridized carbons (Fsp3) is 0.143. The number of nitrogens with zero attached hydrogens (tertiary/aromatic N) is 6. The SMILES string of the molecule is Cc1nn(C)cc1-n1c(=O)n(C)c2cnc3ccc(-c4cnc(N)c(Cl)c4)cc3c21. The third-order valence-corrected chi connectivity index (χ3v) is 5.62. The largest absolute Gasteiger partial charge is 0.382 e. The number of fused-ring (bicyclic) bond motifs is 3. The highest BCUT2D eigenvalue weighted by molar-refractivity contribution is 6.33. The van der Waals surface area contributed by atoms with E-state index in [1.54, 1.807) is 39.3 Å². The average molecular weight is 420 g/mol. The van der Waals surface area contributed by atoms with Crippen LogP contribution >= 0.6 is 11.6 Å². The second-order valence-corrected chi connectivity index (χ2v) is 7.67. The molecule has 0 saturated heterocycles. The predicted molar refractivity (Wildman–Crippen MR) is 118 cm³/mol. The normalized spacial score (nSPS) is 11.6. The molecule has 0 aliphatic heterocycles. The second-order valence-electron chi connectivity index (χ2n) is 7.27. The predicted octanol–water partition coefficient (Wildman–Crippen LogP) is 3.22. The van der Waals surface area contributed by atoms with Crippen LogP contribution in [0.15, 0.2) is 47.7 Å². The molecule has 8 nitrogen and oxygen atoms in total. The molecule has 0 unspecified atom stereocenters. The minimum absolute atomic E-state index is 0.155. The van der Waals surface area contributed by atoms with Crippen molar-refractivity contribution < 1.29 is 0 Å². The standard InChI is InChI=1S/C21H18ClN7O/c1-11-18(10-27(2)26-11)29-19-14-6-12(13-7-15(22)20(23)25-8-13)4-5-16(14)24-9-17(19)28(3)21(29)30/h4-10H,1-3H3,(H2,23,25). The van der Waals surface area contributed by atoms with Gasteiger partial charge in [0.1, 0.15) is 5.82 Å². The molecule has 0 aliphatic rings.